The van der Waals surface area contributed by atoms with Gasteiger partial charge < -0.3 is 14.3 Å². The molecule has 0 fully saturated rings. The van der Waals surface area contributed by atoms with E-state index in [1.807, 2.05) is 0 Å². The zero-order valence-electron chi connectivity index (χ0n) is 10.4. The van der Waals surface area contributed by atoms with Crippen LogP contribution in [0.1, 0.15) is 13.3 Å². The number of nitrogens with zero attached hydrogens (tertiary/aromatic N) is 4. The molecular weight excluding hydrogens is 252 g/mol. The Balaban J connectivity index is 1.91. The summed E-state index contributed by atoms with van der Waals surface area (Å²) in [4.78, 5) is 12.4. The van der Waals surface area contributed by atoms with E-state index < -0.39 is 12.1 Å². The van der Waals surface area contributed by atoms with Gasteiger partial charge in [-0.15, -0.1) is 10.2 Å². The first-order valence-electron chi connectivity index (χ1n) is 5.84. The van der Waals surface area contributed by atoms with Gasteiger partial charge in [-0.05, 0) is 24.3 Å². The van der Waals surface area contributed by atoms with Gasteiger partial charge in [0.05, 0.1) is 31.9 Å². The minimum Gasteiger partial charge on any atom is -0.466 e. The Morgan fingerprint density at radius 2 is 2.47 bits per heavy atom. The van der Waals surface area contributed by atoms with Crippen LogP contribution in [0.25, 0.3) is 11.6 Å². The molecule has 0 aliphatic rings. The number of hydrogen-bond acceptors (Lipinski definition) is 7. The summed E-state index contributed by atoms with van der Waals surface area (Å²) in [5, 5.41) is 21.3. The molecule has 2 aromatic heterocycles. The first-order chi connectivity index (χ1) is 9.19. The number of esters is 1. The van der Waals surface area contributed by atoms with Crippen LogP contribution < -0.4 is 0 Å². The fourth-order valence-electron chi connectivity index (χ4n) is 1.49. The molecule has 1 atom stereocenters. The van der Waals surface area contributed by atoms with Crippen LogP contribution in [-0.2, 0) is 16.1 Å². The number of aromatic nitrogens is 4. The van der Waals surface area contributed by atoms with Crippen LogP contribution >= 0.6 is 0 Å². The van der Waals surface area contributed by atoms with Crippen LogP contribution in [0.5, 0.6) is 0 Å². The molecule has 2 rings (SSSR count). The molecule has 102 valence electrons. The quantitative estimate of drug-likeness (QED) is 0.747. The van der Waals surface area contributed by atoms with Gasteiger partial charge in [-0.2, -0.15) is 4.80 Å². The van der Waals surface area contributed by atoms with Crippen LogP contribution in [0.2, 0.25) is 0 Å². The van der Waals surface area contributed by atoms with E-state index in [2.05, 4.69) is 15.4 Å². The van der Waals surface area contributed by atoms with Gasteiger partial charge in [0.25, 0.3) is 0 Å². The van der Waals surface area contributed by atoms with Gasteiger partial charge in [0.1, 0.15) is 0 Å². The smallest absolute Gasteiger partial charge is 0.308 e. The average molecular weight is 266 g/mol. The fraction of sp³-hybridized carbons (Fsp3) is 0.455. The third-order valence-electron chi connectivity index (χ3n) is 2.28. The molecule has 0 bridgehead atoms. The monoisotopic (exact) mass is 266 g/mol. The highest BCUT2D eigenvalue weighted by atomic mass is 16.5. The second-order valence-corrected chi connectivity index (χ2v) is 3.81. The average Bonchev–Trinajstić information content (AvgIpc) is 2.98. The number of tetrazole rings is 1. The minimum absolute atomic E-state index is 0.0620. The third kappa shape index (κ3) is 3.62. The Bertz CT molecular complexity index is 523. The lowest BCUT2D eigenvalue weighted by Gasteiger charge is -2.08. The van der Waals surface area contributed by atoms with E-state index in [9.17, 15) is 9.90 Å². The number of furan rings is 1. The highest BCUT2D eigenvalue weighted by Crippen LogP contribution is 2.13. The number of aliphatic hydroxyl groups is 1. The molecular formula is C11H14N4O4. The van der Waals surface area contributed by atoms with Gasteiger partial charge in [0, 0.05) is 0 Å². The SMILES string of the molecule is CCOC(=O)CC(O)Cn1nnc(-c2ccco2)n1. The lowest BCUT2D eigenvalue weighted by atomic mass is 10.2. The molecule has 0 aliphatic heterocycles. The standard InChI is InChI=1S/C11H14N4O4/c1-2-18-10(17)6-8(16)7-15-13-11(12-14-15)9-4-3-5-19-9/h3-5,8,16H,2,6-7H2,1H3. The summed E-state index contributed by atoms with van der Waals surface area (Å²) >= 11 is 0. The van der Waals surface area contributed by atoms with Crippen molar-refractivity contribution in [1.82, 2.24) is 20.2 Å². The van der Waals surface area contributed by atoms with Crippen LogP contribution in [0, 0.1) is 0 Å². The predicted octanol–water partition coefficient (Wildman–Crippen LogP) is 0.247. The molecule has 0 radical (unpaired) electrons. The van der Waals surface area contributed by atoms with Gasteiger partial charge in [-0.1, -0.05) is 0 Å². The van der Waals surface area contributed by atoms with Crippen molar-refractivity contribution in [2.24, 2.45) is 0 Å². The van der Waals surface area contributed by atoms with Gasteiger partial charge in [-0.3, -0.25) is 4.79 Å². The van der Waals surface area contributed by atoms with E-state index in [-0.39, 0.29) is 19.6 Å². The topological polar surface area (TPSA) is 103 Å². The second-order valence-electron chi connectivity index (χ2n) is 3.81. The van der Waals surface area contributed by atoms with Crippen LogP contribution in [-0.4, -0.2) is 44.0 Å². The summed E-state index contributed by atoms with van der Waals surface area (Å²) in [6.45, 7) is 2.06. The molecule has 8 nitrogen and oxygen atoms in total. The molecule has 0 amide bonds. The van der Waals surface area contributed by atoms with Crippen molar-refractivity contribution in [3.05, 3.63) is 18.4 Å². The third-order valence-corrected chi connectivity index (χ3v) is 2.28. The zero-order chi connectivity index (χ0) is 13.7. The minimum atomic E-state index is -0.919. The summed E-state index contributed by atoms with van der Waals surface area (Å²) in [7, 11) is 0. The molecule has 2 aromatic rings. The normalized spacial score (nSPS) is 12.3. The van der Waals surface area contributed by atoms with E-state index in [1.165, 1.54) is 11.1 Å². The van der Waals surface area contributed by atoms with Crippen molar-refractivity contribution in [3.63, 3.8) is 0 Å². The Kier molecular flexibility index (Phi) is 4.24. The molecule has 1 N–H and O–H groups in total. The van der Waals surface area contributed by atoms with Crippen molar-refractivity contribution in [2.45, 2.75) is 26.0 Å². The Labute approximate surface area is 109 Å². The number of carbonyl (C=O) groups excluding carboxylic acids is 1. The van der Waals surface area contributed by atoms with E-state index in [1.54, 1.807) is 19.1 Å². The molecule has 1 unspecified atom stereocenters. The largest absolute Gasteiger partial charge is 0.466 e. The van der Waals surface area contributed by atoms with Crippen molar-refractivity contribution in [1.29, 1.82) is 0 Å². The van der Waals surface area contributed by atoms with Crippen molar-refractivity contribution in [3.8, 4) is 11.6 Å². The summed E-state index contributed by atoms with van der Waals surface area (Å²) in [6, 6.07) is 3.42. The van der Waals surface area contributed by atoms with Crippen LogP contribution in [0.3, 0.4) is 0 Å². The van der Waals surface area contributed by atoms with Crippen molar-refractivity contribution >= 4 is 5.97 Å². The molecule has 0 spiro atoms. The molecule has 0 aliphatic carbocycles. The first-order valence-corrected chi connectivity index (χ1v) is 5.84. The highest BCUT2D eigenvalue weighted by molar-refractivity contribution is 5.69. The van der Waals surface area contributed by atoms with E-state index in [4.69, 9.17) is 9.15 Å². The Morgan fingerprint density at radius 3 is 3.16 bits per heavy atom. The van der Waals surface area contributed by atoms with Gasteiger partial charge >= 0.3 is 5.97 Å². The van der Waals surface area contributed by atoms with E-state index in [0.717, 1.165) is 0 Å². The lowest BCUT2D eigenvalue weighted by molar-refractivity contribution is -0.145. The Hall–Kier alpha value is -2.22. The van der Waals surface area contributed by atoms with Crippen LogP contribution in [0.15, 0.2) is 22.8 Å². The first kappa shape index (κ1) is 13.2. The number of aliphatic hydroxyl groups excluding tert-OH is 1. The molecule has 0 saturated heterocycles. The zero-order valence-corrected chi connectivity index (χ0v) is 10.4. The molecule has 19 heavy (non-hydrogen) atoms. The molecule has 2 heterocycles. The van der Waals surface area contributed by atoms with Gasteiger partial charge in [0.15, 0.2) is 5.76 Å². The van der Waals surface area contributed by atoms with Crippen molar-refractivity contribution < 1.29 is 19.1 Å². The summed E-state index contributed by atoms with van der Waals surface area (Å²) in [6.07, 6.45) is 0.481. The summed E-state index contributed by atoms with van der Waals surface area (Å²) in [5.41, 5.74) is 0. The van der Waals surface area contributed by atoms with E-state index >= 15 is 0 Å². The molecule has 0 saturated carbocycles. The number of ether oxygens (including phenoxy) is 1. The summed E-state index contributed by atoms with van der Waals surface area (Å²) < 4.78 is 9.85. The fourth-order valence-corrected chi connectivity index (χ4v) is 1.49. The maximum absolute atomic E-state index is 11.2. The Morgan fingerprint density at radius 1 is 1.63 bits per heavy atom. The molecule has 0 aromatic carbocycles. The lowest BCUT2D eigenvalue weighted by Crippen LogP contribution is -2.22. The van der Waals surface area contributed by atoms with Gasteiger partial charge in [0.2, 0.25) is 5.82 Å². The maximum Gasteiger partial charge on any atom is 0.308 e. The van der Waals surface area contributed by atoms with Crippen molar-refractivity contribution in [2.75, 3.05) is 6.61 Å². The van der Waals surface area contributed by atoms with Gasteiger partial charge in [-0.25, -0.2) is 0 Å². The number of hydrogen-bond donors (Lipinski definition) is 1. The van der Waals surface area contributed by atoms with E-state index in [0.29, 0.717) is 11.6 Å². The second kappa shape index (κ2) is 6.10. The van der Waals surface area contributed by atoms with Crippen LogP contribution in [0.4, 0.5) is 0 Å². The maximum atomic E-state index is 11.2. The molecule has 8 heteroatoms. The number of rotatable bonds is 6. The predicted molar refractivity (Wildman–Crippen MR) is 62.8 cm³/mol. The summed E-state index contributed by atoms with van der Waals surface area (Å²) in [5.74, 6) is 0.362. The highest BCUT2D eigenvalue weighted by Gasteiger charge is 2.15. The number of carbonyl (C=O) groups is 1.